The SMILES string of the molecule is CCC1CN(C(=NC)NCc2cccc(C(=O)N3CCCCC3)c2)CCS1.I. The number of carbonyl (C=O) groups is 1. The highest BCUT2D eigenvalue weighted by Gasteiger charge is 2.22. The minimum atomic E-state index is 0. The summed E-state index contributed by atoms with van der Waals surface area (Å²) in [5.41, 5.74) is 1.92. The molecular formula is C21H33IN4OS. The number of nitrogens with one attached hydrogen (secondary N) is 1. The number of guanidine groups is 1. The van der Waals surface area contributed by atoms with Gasteiger partial charge < -0.3 is 15.1 Å². The molecule has 3 rings (SSSR count). The Morgan fingerprint density at radius 1 is 1.21 bits per heavy atom. The number of rotatable bonds is 4. The van der Waals surface area contributed by atoms with Gasteiger partial charge in [0.2, 0.25) is 0 Å². The Hall–Kier alpha value is -0.960. The molecular weight excluding hydrogens is 483 g/mol. The molecule has 1 aromatic carbocycles. The van der Waals surface area contributed by atoms with Crippen LogP contribution in [-0.2, 0) is 6.54 Å². The molecule has 0 aromatic heterocycles. The molecule has 5 nitrogen and oxygen atoms in total. The predicted molar refractivity (Wildman–Crippen MR) is 130 cm³/mol. The molecule has 1 amide bonds. The maximum Gasteiger partial charge on any atom is 0.253 e. The second kappa shape index (κ2) is 11.9. The van der Waals surface area contributed by atoms with E-state index in [1.807, 2.05) is 30.1 Å². The second-order valence-corrected chi connectivity index (χ2v) is 8.71. The second-order valence-electron chi connectivity index (χ2n) is 7.30. The lowest BCUT2D eigenvalue weighted by Gasteiger charge is -2.34. The van der Waals surface area contributed by atoms with E-state index in [1.165, 1.54) is 12.8 Å². The van der Waals surface area contributed by atoms with Crippen LogP contribution in [0.15, 0.2) is 29.3 Å². The van der Waals surface area contributed by atoms with Crippen LogP contribution in [0.1, 0.15) is 48.5 Å². The van der Waals surface area contributed by atoms with Crippen LogP contribution in [-0.4, -0.2) is 65.9 Å². The maximum absolute atomic E-state index is 12.7. The first-order chi connectivity index (χ1) is 13.2. The van der Waals surface area contributed by atoms with Gasteiger partial charge in [-0.15, -0.1) is 24.0 Å². The zero-order valence-corrected chi connectivity index (χ0v) is 20.2. The van der Waals surface area contributed by atoms with Gasteiger partial charge in [0.15, 0.2) is 5.96 Å². The van der Waals surface area contributed by atoms with E-state index in [0.717, 1.165) is 61.9 Å². The summed E-state index contributed by atoms with van der Waals surface area (Å²) in [5, 5.41) is 4.17. The lowest BCUT2D eigenvalue weighted by Crippen LogP contribution is -2.47. The number of likely N-dealkylation sites (tertiary alicyclic amines) is 1. The van der Waals surface area contributed by atoms with Crippen molar-refractivity contribution in [2.75, 3.05) is 39.0 Å². The number of hydrogen-bond acceptors (Lipinski definition) is 3. The van der Waals surface area contributed by atoms with Crippen LogP contribution < -0.4 is 5.32 Å². The molecule has 0 saturated carbocycles. The number of amides is 1. The van der Waals surface area contributed by atoms with Crippen molar-refractivity contribution in [3.05, 3.63) is 35.4 Å². The standard InChI is InChI=1S/C21H32N4OS.HI/c1-3-19-16-25(12-13-27-19)21(22-2)23-15-17-8-7-9-18(14-17)20(26)24-10-5-4-6-11-24;/h7-9,14,19H,3-6,10-13,15-16H2,1-2H3,(H,22,23);1H. The van der Waals surface area contributed by atoms with Crippen molar-refractivity contribution >= 4 is 47.6 Å². The molecule has 1 atom stereocenters. The minimum absolute atomic E-state index is 0. The molecule has 28 heavy (non-hydrogen) atoms. The normalized spacial score (nSPS) is 20.5. The van der Waals surface area contributed by atoms with E-state index in [0.29, 0.717) is 11.8 Å². The first-order valence-electron chi connectivity index (χ1n) is 10.2. The van der Waals surface area contributed by atoms with Gasteiger partial charge in [-0.25, -0.2) is 0 Å². The molecule has 0 aliphatic carbocycles. The van der Waals surface area contributed by atoms with Crippen LogP contribution in [0.3, 0.4) is 0 Å². The first kappa shape index (κ1) is 23.3. The van der Waals surface area contributed by atoms with Crippen molar-refractivity contribution in [3.63, 3.8) is 0 Å². The zero-order valence-electron chi connectivity index (χ0n) is 17.0. The summed E-state index contributed by atoms with van der Waals surface area (Å²) < 4.78 is 0. The largest absolute Gasteiger partial charge is 0.352 e. The third-order valence-corrected chi connectivity index (χ3v) is 6.75. The molecule has 156 valence electrons. The van der Waals surface area contributed by atoms with Crippen LogP contribution >= 0.6 is 35.7 Å². The van der Waals surface area contributed by atoms with E-state index >= 15 is 0 Å². The van der Waals surface area contributed by atoms with E-state index < -0.39 is 0 Å². The summed E-state index contributed by atoms with van der Waals surface area (Å²) in [6, 6.07) is 8.02. The number of hydrogen-bond donors (Lipinski definition) is 1. The Balaban J connectivity index is 0.00000280. The highest BCUT2D eigenvalue weighted by Crippen LogP contribution is 2.21. The fourth-order valence-corrected chi connectivity index (χ4v) is 4.95. The predicted octanol–water partition coefficient (Wildman–Crippen LogP) is 3.83. The number of thioether (sulfide) groups is 1. The van der Waals surface area contributed by atoms with Gasteiger partial charge in [0, 0.05) is 56.3 Å². The van der Waals surface area contributed by atoms with Crippen LogP contribution in [0.2, 0.25) is 0 Å². The summed E-state index contributed by atoms with van der Waals surface area (Å²) in [4.78, 5) is 21.6. The summed E-state index contributed by atoms with van der Waals surface area (Å²) in [6.45, 7) is 6.80. The fraction of sp³-hybridized carbons (Fsp3) is 0.619. The molecule has 1 aromatic rings. The van der Waals surface area contributed by atoms with Gasteiger partial charge in [0.25, 0.3) is 5.91 Å². The molecule has 7 heteroatoms. The smallest absolute Gasteiger partial charge is 0.253 e. The molecule has 2 aliphatic heterocycles. The zero-order chi connectivity index (χ0) is 19.1. The third-order valence-electron chi connectivity index (χ3n) is 5.37. The van der Waals surface area contributed by atoms with Gasteiger partial charge in [-0.2, -0.15) is 11.8 Å². The van der Waals surface area contributed by atoms with Crippen molar-refractivity contribution in [2.24, 2.45) is 4.99 Å². The van der Waals surface area contributed by atoms with E-state index in [9.17, 15) is 4.79 Å². The Kier molecular flexibility index (Phi) is 9.91. The van der Waals surface area contributed by atoms with Gasteiger partial charge in [0.1, 0.15) is 0 Å². The molecule has 0 radical (unpaired) electrons. The average molecular weight is 516 g/mol. The first-order valence-corrected chi connectivity index (χ1v) is 11.2. The molecule has 2 heterocycles. The number of aliphatic imine (C=N–C) groups is 1. The topological polar surface area (TPSA) is 47.9 Å². The van der Waals surface area contributed by atoms with E-state index in [-0.39, 0.29) is 29.9 Å². The van der Waals surface area contributed by atoms with Gasteiger partial charge in [-0.05, 0) is 43.4 Å². The molecule has 2 aliphatic rings. The summed E-state index contributed by atoms with van der Waals surface area (Å²) in [6.07, 6.45) is 4.67. The van der Waals surface area contributed by atoms with Gasteiger partial charge in [0.05, 0.1) is 0 Å². The molecule has 2 saturated heterocycles. The van der Waals surface area contributed by atoms with Gasteiger partial charge >= 0.3 is 0 Å². The molecule has 1 N–H and O–H groups in total. The lowest BCUT2D eigenvalue weighted by molar-refractivity contribution is 0.0724. The summed E-state index contributed by atoms with van der Waals surface area (Å²) in [7, 11) is 1.85. The number of halogens is 1. The van der Waals surface area contributed by atoms with Gasteiger partial charge in [-0.1, -0.05) is 19.1 Å². The Labute approximate surface area is 190 Å². The average Bonchev–Trinajstić information content (AvgIpc) is 2.74. The fourth-order valence-electron chi connectivity index (χ4n) is 3.77. The van der Waals surface area contributed by atoms with E-state index in [2.05, 4.69) is 40.0 Å². The summed E-state index contributed by atoms with van der Waals surface area (Å²) >= 11 is 2.06. The van der Waals surface area contributed by atoms with Gasteiger partial charge in [-0.3, -0.25) is 9.79 Å². The van der Waals surface area contributed by atoms with Crippen molar-refractivity contribution in [1.29, 1.82) is 0 Å². The third kappa shape index (κ3) is 6.27. The van der Waals surface area contributed by atoms with Crippen molar-refractivity contribution < 1.29 is 4.79 Å². The van der Waals surface area contributed by atoms with Crippen LogP contribution in [0, 0.1) is 0 Å². The minimum Gasteiger partial charge on any atom is -0.352 e. The maximum atomic E-state index is 12.7. The Bertz CT molecular complexity index is 664. The molecule has 0 bridgehead atoms. The molecule has 0 spiro atoms. The van der Waals surface area contributed by atoms with Crippen LogP contribution in [0.5, 0.6) is 0 Å². The number of piperidine rings is 1. The lowest BCUT2D eigenvalue weighted by atomic mass is 10.1. The van der Waals surface area contributed by atoms with Crippen molar-refractivity contribution in [1.82, 2.24) is 15.1 Å². The quantitative estimate of drug-likeness (QED) is 0.376. The van der Waals surface area contributed by atoms with Crippen molar-refractivity contribution in [3.8, 4) is 0 Å². The monoisotopic (exact) mass is 516 g/mol. The molecule has 2 fully saturated rings. The van der Waals surface area contributed by atoms with E-state index in [4.69, 9.17) is 0 Å². The van der Waals surface area contributed by atoms with Crippen LogP contribution in [0.25, 0.3) is 0 Å². The van der Waals surface area contributed by atoms with E-state index in [1.54, 1.807) is 0 Å². The highest BCUT2D eigenvalue weighted by molar-refractivity contribution is 14.0. The van der Waals surface area contributed by atoms with Crippen LogP contribution in [0.4, 0.5) is 0 Å². The highest BCUT2D eigenvalue weighted by atomic mass is 127. The number of carbonyl (C=O) groups excluding carboxylic acids is 1. The number of nitrogens with zero attached hydrogens (tertiary/aromatic N) is 3. The summed E-state index contributed by atoms with van der Waals surface area (Å²) in [5.74, 6) is 2.28. The Morgan fingerprint density at radius 2 is 2.00 bits per heavy atom. The molecule has 1 unspecified atom stereocenters. The van der Waals surface area contributed by atoms with Crippen molar-refractivity contribution in [2.45, 2.75) is 44.4 Å². The Morgan fingerprint density at radius 3 is 2.71 bits per heavy atom. The number of benzene rings is 1.